The fourth-order valence-electron chi connectivity index (χ4n) is 0.798. The molecule has 0 rings (SSSR count). The third kappa shape index (κ3) is 7.05. The molecule has 0 atom stereocenters. The van der Waals surface area contributed by atoms with E-state index in [4.69, 9.17) is 5.11 Å². The molecule has 0 fully saturated rings. The van der Waals surface area contributed by atoms with E-state index in [2.05, 4.69) is 12.2 Å². The molecule has 0 heterocycles. The average Bonchev–Trinajstić information content (AvgIpc) is 2.01. The van der Waals surface area contributed by atoms with Crippen LogP contribution in [0.15, 0.2) is 0 Å². The minimum absolute atomic E-state index is 0.175. The molecule has 1 amide bonds. The van der Waals surface area contributed by atoms with Crippen LogP contribution >= 0.6 is 0 Å². The maximum Gasteiger partial charge on any atom is 0.322 e. The van der Waals surface area contributed by atoms with Gasteiger partial charge in [-0.25, -0.2) is 0 Å². The normalized spacial score (nSPS) is 9.42. The molecule has 0 aliphatic heterocycles. The van der Waals surface area contributed by atoms with Crippen molar-refractivity contribution in [2.24, 2.45) is 0 Å². The van der Waals surface area contributed by atoms with E-state index in [1.165, 1.54) is 0 Å². The van der Waals surface area contributed by atoms with E-state index >= 15 is 0 Å². The second-order valence-electron chi connectivity index (χ2n) is 2.63. The predicted molar refractivity (Wildman–Crippen MR) is 44.8 cm³/mol. The largest absolute Gasteiger partial charge is 0.480 e. The van der Waals surface area contributed by atoms with E-state index in [-0.39, 0.29) is 12.5 Å². The second-order valence-corrected chi connectivity index (χ2v) is 2.63. The van der Waals surface area contributed by atoms with Crippen molar-refractivity contribution in [1.29, 1.82) is 0 Å². The van der Waals surface area contributed by atoms with Crippen LogP contribution in [-0.2, 0) is 9.59 Å². The summed E-state index contributed by atoms with van der Waals surface area (Å²) in [6.07, 6.45) is 3.34. The Morgan fingerprint density at radius 2 is 2.00 bits per heavy atom. The standard InChI is InChI=1S/C8H15NO3/c1-2-3-4-5-7(10)9-6-8(11)12/h2-6H2,1H3,(H,9,10)(H,11,12)/i6+1,8+1,9+1. The summed E-state index contributed by atoms with van der Waals surface area (Å²) in [6.45, 7) is 1.78. The van der Waals surface area contributed by atoms with E-state index in [1.54, 1.807) is 0 Å². The Hall–Kier alpha value is -1.06. The molecule has 0 saturated heterocycles. The minimum atomic E-state index is -1.00. The fourth-order valence-corrected chi connectivity index (χ4v) is 0.798. The van der Waals surface area contributed by atoms with Crippen molar-refractivity contribution in [3.8, 4) is 0 Å². The SMILES string of the molecule is CCCCCC(=O)[15NH][13CH2][13C](=O)O. The first-order valence-corrected chi connectivity index (χ1v) is 4.15. The van der Waals surface area contributed by atoms with Crippen molar-refractivity contribution in [1.82, 2.24) is 5.32 Å². The summed E-state index contributed by atoms with van der Waals surface area (Å²) in [4.78, 5) is 20.9. The number of unbranched alkanes of at least 4 members (excludes halogenated alkanes) is 2. The minimum Gasteiger partial charge on any atom is -0.480 e. The van der Waals surface area contributed by atoms with Gasteiger partial charge in [-0.05, 0) is 6.42 Å². The van der Waals surface area contributed by atoms with E-state index < -0.39 is 5.97 Å². The Labute approximate surface area is 72.0 Å². The highest BCUT2D eigenvalue weighted by molar-refractivity contribution is 5.80. The average molecular weight is 176 g/mol. The summed E-state index contributed by atoms with van der Waals surface area (Å²) in [5.41, 5.74) is 0. The molecular formula is C8H15NO3. The molecule has 0 aromatic carbocycles. The number of carbonyl (C=O) groups excluding carboxylic acids is 1. The van der Waals surface area contributed by atoms with Crippen LogP contribution in [0.5, 0.6) is 0 Å². The van der Waals surface area contributed by atoms with Crippen LogP contribution in [0.1, 0.15) is 32.6 Å². The van der Waals surface area contributed by atoms with E-state index in [0.717, 1.165) is 19.3 Å². The van der Waals surface area contributed by atoms with Gasteiger partial charge >= 0.3 is 5.97 Å². The number of carboxylic acids is 1. The first-order chi connectivity index (χ1) is 5.66. The van der Waals surface area contributed by atoms with Gasteiger partial charge in [-0.1, -0.05) is 19.8 Å². The fraction of sp³-hybridized carbons (Fsp3) is 0.750. The van der Waals surface area contributed by atoms with Crippen molar-refractivity contribution in [2.75, 3.05) is 6.54 Å². The van der Waals surface area contributed by atoms with E-state index in [0.29, 0.717) is 6.42 Å². The van der Waals surface area contributed by atoms with Gasteiger partial charge in [0.05, 0.1) is 0 Å². The molecule has 0 aliphatic rings. The Bertz CT molecular complexity index is 156. The number of carbonyl (C=O) groups is 2. The van der Waals surface area contributed by atoms with Crippen LogP contribution in [0, 0.1) is 0 Å². The Kier molecular flexibility index (Phi) is 6.05. The van der Waals surface area contributed by atoms with Gasteiger partial charge in [0.2, 0.25) is 5.91 Å². The summed E-state index contributed by atoms with van der Waals surface area (Å²) in [6, 6.07) is 0. The maximum absolute atomic E-state index is 10.8. The zero-order valence-electron chi connectivity index (χ0n) is 7.30. The van der Waals surface area contributed by atoms with Gasteiger partial charge < -0.3 is 10.4 Å². The summed E-state index contributed by atoms with van der Waals surface area (Å²) >= 11 is 0. The molecule has 0 aliphatic carbocycles. The van der Waals surface area contributed by atoms with Gasteiger partial charge in [-0.2, -0.15) is 0 Å². The maximum atomic E-state index is 10.8. The highest BCUT2D eigenvalue weighted by atomic mass is 16.5. The molecule has 70 valence electrons. The zero-order valence-corrected chi connectivity index (χ0v) is 7.30. The number of nitrogens with one attached hydrogen (secondary N) is 1. The summed E-state index contributed by atoms with van der Waals surface area (Å²) < 4.78 is 0. The number of hydrogen-bond acceptors (Lipinski definition) is 2. The molecule has 4 heteroatoms. The number of rotatable bonds is 6. The lowest BCUT2D eigenvalue weighted by Crippen LogP contribution is -2.28. The third-order valence-corrected chi connectivity index (χ3v) is 1.44. The first-order valence-electron chi connectivity index (χ1n) is 4.15. The summed E-state index contributed by atoms with van der Waals surface area (Å²) in [5, 5.41) is 10.5. The summed E-state index contributed by atoms with van der Waals surface area (Å²) in [7, 11) is 0. The van der Waals surface area contributed by atoms with Crippen molar-refractivity contribution >= 4 is 11.9 Å². The predicted octanol–water partition coefficient (Wildman–Crippen LogP) is 0.767. The molecule has 0 aromatic heterocycles. The van der Waals surface area contributed by atoms with Gasteiger partial charge in [0, 0.05) is 6.42 Å². The molecule has 0 spiro atoms. The Balaban J connectivity index is 3.28. The Morgan fingerprint density at radius 3 is 2.50 bits per heavy atom. The van der Waals surface area contributed by atoms with E-state index in [9.17, 15) is 9.59 Å². The number of amides is 1. The Morgan fingerprint density at radius 1 is 1.33 bits per heavy atom. The molecule has 0 saturated carbocycles. The molecule has 0 radical (unpaired) electrons. The summed E-state index contributed by atoms with van der Waals surface area (Å²) in [5.74, 6) is -1.18. The van der Waals surface area contributed by atoms with Crippen molar-refractivity contribution in [2.45, 2.75) is 32.6 Å². The molecule has 2 N–H and O–H groups in total. The molecule has 0 bridgehead atoms. The third-order valence-electron chi connectivity index (χ3n) is 1.44. The smallest absolute Gasteiger partial charge is 0.322 e. The van der Waals surface area contributed by atoms with Crippen LogP contribution in [0.25, 0.3) is 0 Å². The second kappa shape index (κ2) is 6.64. The lowest BCUT2D eigenvalue weighted by molar-refractivity contribution is -0.137. The quantitative estimate of drug-likeness (QED) is 0.357. The van der Waals surface area contributed by atoms with Gasteiger partial charge in [-0.3, -0.25) is 9.59 Å². The molecular weight excluding hydrogens is 161 g/mol. The van der Waals surface area contributed by atoms with Crippen molar-refractivity contribution in [3.05, 3.63) is 0 Å². The lowest BCUT2D eigenvalue weighted by atomic mass is 10.2. The monoisotopic (exact) mass is 176 g/mol. The highest BCUT2D eigenvalue weighted by Crippen LogP contribution is 1.97. The molecule has 0 aromatic rings. The van der Waals surface area contributed by atoms with Crippen LogP contribution in [0.2, 0.25) is 0 Å². The molecule has 4 nitrogen and oxygen atoms in total. The van der Waals surface area contributed by atoms with Gasteiger partial charge in [0.1, 0.15) is 6.54 Å². The van der Waals surface area contributed by atoms with Gasteiger partial charge in [-0.15, -0.1) is 0 Å². The van der Waals surface area contributed by atoms with Crippen LogP contribution in [0.4, 0.5) is 0 Å². The lowest BCUT2D eigenvalue weighted by Gasteiger charge is -2.00. The topological polar surface area (TPSA) is 66.4 Å². The van der Waals surface area contributed by atoms with Crippen LogP contribution in [-0.4, -0.2) is 23.5 Å². The number of hydrogen-bond donors (Lipinski definition) is 2. The molecule has 12 heavy (non-hydrogen) atoms. The number of aliphatic carboxylic acids is 1. The van der Waals surface area contributed by atoms with Gasteiger partial charge in [0.15, 0.2) is 0 Å². The molecule has 0 unspecified atom stereocenters. The van der Waals surface area contributed by atoms with Gasteiger partial charge in [0.25, 0.3) is 0 Å². The first kappa shape index (κ1) is 10.9. The van der Waals surface area contributed by atoms with Crippen LogP contribution < -0.4 is 5.32 Å². The zero-order chi connectivity index (χ0) is 9.40. The number of carboxylic acid groups (broad SMARTS) is 1. The van der Waals surface area contributed by atoms with Crippen molar-refractivity contribution < 1.29 is 14.7 Å². The van der Waals surface area contributed by atoms with E-state index in [1.807, 2.05) is 0 Å². The van der Waals surface area contributed by atoms with Crippen molar-refractivity contribution in [3.63, 3.8) is 0 Å². The van der Waals surface area contributed by atoms with Crippen LogP contribution in [0.3, 0.4) is 0 Å². The highest BCUT2D eigenvalue weighted by Gasteiger charge is 2.02.